The first kappa shape index (κ1) is 14.6. The van der Waals surface area contributed by atoms with Crippen LogP contribution in [0.3, 0.4) is 0 Å². The summed E-state index contributed by atoms with van der Waals surface area (Å²) in [5.74, 6) is -1.63. The van der Waals surface area contributed by atoms with Crippen molar-refractivity contribution in [3.8, 4) is 0 Å². The number of aliphatic carboxylic acids is 1. The summed E-state index contributed by atoms with van der Waals surface area (Å²) in [4.78, 5) is 33.2. The number of aromatic nitrogens is 4. The van der Waals surface area contributed by atoms with Gasteiger partial charge in [0.1, 0.15) is 24.6 Å². The van der Waals surface area contributed by atoms with Crippen LogP contribution < -0.4 is 5.56 Å². The highest BCUT2D eigenvalue weighted by molar-refractivity contribution is 5.80. The van der Waals surface area contributed by atoms with Crippen molar-refractivity contribution in [3.63, 3.8) is 0 Å². The number of fused-ring (bicyclic) bond motifs is 1. The van der Waals surface area contributed by atoms with Gasteiger partial charge in [0.2, 0.25) is 0 Å². The fraction of sp³-hybridized carbons (Fsp3) is 0.455. The third-order valence-electron chi connectivity index (χ3n) is 3.62. The average molecular weight is 312 g/mol. The van der Waals surface area contributed by atoms with Crippen molar-refractivity contribution in [2.24, 2.45) is 0 Å². The molecular formula is C11H12N4O7. The molecule has 5 N–H and O–H groups in total. The molecule has 3 rings (SSSR count). The number of carboxylic acid groups (broad SMARTS) is 1. The van der Waals surface area contributed by atoms with Crippen molar-refractivity contribution in [2.75, 3.05) is 6.61 Å². The molecule has 0 bridgehead atoms. The number of rotatable bonds is 3. The standard InChI is InChI=1S/C11H12N4O7/c16-1-4-6(17)7(18)11(22-4,10(20)21)15-3-14-5-8(15)12-2-13-9(5)19/h2-4,6-7,16-18H,1H2,(H,20,21)(H,12,13,19)/t4-,6-,7?,11+/m1/s1. The number of hydrogen-bond acceptors (Lipinski definition) is 8. The van der Waals surface area contributed by atoms with E-state index < -0.39 is 42.2 Å². The quantitative estimate of drug-likeness (QED) is 0.395. The molecule has 0 aromatic carbocycles. The molecule has 2 aromatic rings. The Kier molecular flexibility index (Phi) is 3.21. The number of nitrogens with zero attached hydrogens (tertiary/aromatic N) is 3. The molecule has 11 nitrogen and oxygen atoms in total. The molecule has 0 spiro atoms. The van der Waals surface area contributed by atoms with Crippen LogP contribution in [0, 0.1) is 0 Å². The van der Waals surface area contributed by atoms with Crippen LogP contribution in [0.15, 0.2) is 17.4 Å². The maximum absolute atomic E-state index is 11.7. The summed E-state index contributed by atoms with van der Waals surface area (Å²) < 4.78 is 6.05. The third kappa shape index (κ3) is 1.70. The summed E-state index contributed by atoms with van der Waals surface area (Å²) in [7, 11) is 0. The second kappa shape index (κ2) is 4.84. The maximum Gasteiger partial charge on any atom is 0.361 e. The van der Waals surface area contributed by atoms with Gasteiger partial charge in [0.15, 0.2) is 11.2 Å². The first-order chi connectivity index (χ1) is 10.4. The van der Waals surface area contributed by atoms with Crippen molar-refractivity contribution in [3.05, 3.63) is 23.0 Å². The zero-order valence-electron chi connectivity index (χ0n) is 10.9. The predicted octanol–water partition coefficient (Wildman–Crippen LogP) is -3.03. The van der Waals surface area contributed by atoms with E-state index in [4.69, 9.17) is 9.84 Å². The fourth-order valence-electron chi connectivity index (χ4n) is 2.52. The second-order valence-corrected chi connectivity index (χ2v) is 4.79. The van der Waals surface area contributed by atoms with Crippen LogP contribution in [0.1, 0.15) is 0 Å². The molecule has 2 aromatic heterocycles. The Hall–Kier alpha value is -2.34. The highest BCUT2D eigenvalue weighted by Gasteiger charge is 2.61. The highest BCUT2D eigenvalue weighted by Crippen LogP contribution is 2.37. The van der Waals surface area contributed by atoms with Crippen LogP contribution in [0.4, 0.5) is 0 Å². The molecule has 0 aliphatic carbocycles. The molecule has 1 aliphatic rings. The molecule has 3 heterocycles. The Morgan fingerprint density at radius 2 is 2.18 bits per heavy atom. The Bertz CT molecular complexity index is 786. The molecule has 118 valence electrons. The molecule has 0 radical (unpaired) electrons. The van der Waals surface area contributed by atoms with E-state index in [2.05, 4.69) is 15.0 Å². The molecule has 1 aliphatic heterocycles. The lowest BCUT2D eigenvalue weighted by Crippen LogP contribution is -2.51. The van der Waals surface area contributed by atoms with E-state index in [0.717, 1.165) is 17.2 Å². The van der Waals surface area contributed by atoms with Crippen LogP contribution in [0.5, 0.6) is 0 Å². The van der Waals surface area contributed by atoms with E-state index in [1.54, 1.807) is 0 Å². The number of H-pyrrole nitrogens is 1. The van der Waals surface area contributed by atoms with Crippen molar-refractivity contribution in [1.29, 1.82) is 0 Å². The van der Waals surface area contributed by atoms with Gasteiger partial charge in [0.25, 0.3) is 11.3 Å². The lowest BCUT2D eigenvalue weighted by atomic mass is 10.0. The smallest absolute Gasteiger partial charge is 0.361 e. The zero-order chi connectivity index (χ0) is 16.1. The third-order valence-corrected chi connectivity index (χ3v) is 3.62. The van der Waals surface area contributed by atoms with E-state index in [1.807, 2.05) is 0 Å². The van der Waals surface area contributed by atoms with Crippen molar-refractivity contribution in [2.45, 2.75) is 24.0 Å². The Labute approximate surface area is 121 Å². The Morgan fingerprint density at radius 3 is 2.77 bits per heavy atom. The predicted molar refractivity (Wildman–Crippen MR) is 67.7 cm³/mol. The van der Waals surface area contributed by atoms with Gasteiger partial charge < -0.3 is 30.1 Å². The number of nitrogens with one attached hydrogen (secondary N) is 1. The monoisotopic (exact) mass is 312 g/mol. The summed E-state index contributed by atoms with van der Waals surface area (Å²) in [5.41, 5.74) is -3.35. The van der Waals surface area contributed by atoms with Gasteiger partial charge in [-0.05, 0) is 0 Å². The first-order valence-corrected chi connectivity index (χ1v) is 6.23. The van der Waals surface area contributed by atoms with Gasteiger partial charge in [-0.15, -0.1) is 0 Å². The normalized spacial score (nSPS) is 31.7. The largest absolute Gasteiger partial charge is 0.478 e. The molecule has 0 saturated carbocycles. The fourth-order valence-corrected chi connectivity index (χ4v) is 2.52. The molecule has 22 heavy (non-hydrogen) atoms. The molecular weight excluding hydrogens is 300 g/mol. The van der Waals surface area contributed by atoms with E-state index in [-0.39, 0.29) is 11.2 Å². The lowest BCUT2D eigenvalue weighted by Gasteiger charge is -2.28. The number of carbonyl (C=O) groups is 1. The SMILES string of the molecule is O=C(O)[C@@]1(n2cnc3c(=O)[nH]cnc32)O[C@H](CO)[C@@H](O)C1O. The Morgan fingerprint density at radius 1 is 1.45 bits per heavy atom. The van der Waals surface area contributed by atoms with Crippen LogP contribution in [-0.2, 0) is 15.3 Å². The van der Waals surface area contributed by atoms with Gasteiger partial charge in [-0.25, -0.2) is 14.8 Å². The summed E-state index contributed by atoms with van der Waals surface area (Å²) in [6, 6.07) is 0. The van der Waals surface area contributed by atoms with E-state index >= 15 is 0 Å². The number of hydrogen-bond donors (Lipinski definition) is 5. The van der Waals surface area contributed by atoms with Gasteiger partial charge in [-0.2, -0.15) is 0 Å². The summed E-state index contributed by atoms with van der Waals surface area (Å²) in [6.07, 6.45) is -2.84. The highest BCUT2D eigenvalue weighted by atomic mass is 16.6. The van der Waals surface area contributed by atoms with Gasteiger partial charge in [0, 0.05) is 0 Å². The number of carboxylic acids is 1. The summed E-state index contributed by atoms with van der Waals surface area (Å²) in [6.45, 7) is -0.700. The number of aliphatic hydroxyl groups excluding tert-OH is 3. The van der Waals surface area contributed by atoms with Gasteiger partial charge in [-0.1, -0.05) is 0 Å². The van der Waals surface area contributed by atoms with Gasteiger partial charge in [0.05, 0.1) is 12.9 Å². The average Bonchev–Trinajstić information content (AvgIpc) is 3.02. The molecule has 0 amide bonds. The van der Waals surface area contributed by atoms with E-state index in [1.165, 1.54) is 0 Å². The summed E-state index contributed by atoms with van der Waals surface area (Å²) >= 11 is 0. The molecule has 1 fully saturated rings. The number of imidazole rings is 1. The topological polar surface area (TPSA) is 171 Å². The molecule has 11 heteroatoms. The zero-order valence-corrected chi connectivity index (χ0v) is 10.9. The van der Waals surface area contributed by atoms with E-state index in [0.29, 0.717) is 0 Å². The second-order valence-electron chi connectivity index (χ2n) is 4.79. The van der Waals surface area contributed by atoms with Crippen molar-refractivity contribution < 1.29 is 30.0 Å². The van der Waals surface area contributed by atoms with Crippen LogP contribution in [0.25, 0.3) is 11.2 Å². The van der Waals surface area contributed by atoms with Crippen LogP contribution >= 0.6 is 0 Å². The van der Waals surface area contributed by atoms with Crippen molar-refractivity contribution in [1.82, 2.24) is 19.5 Å². The van der Waals surface area contributed by atoms with Gasteiger partial charge in [-0.3, -0.25) is 9.36 Å². The molecule has 4 atom stereocenters. The first-order valence-electron chi connectivity index (χ1n) is 6.23. The number of aromatic amines is 1. The molecule has 1 saturated heterocycles. The summed E-state index contributed by atoms with van der Waals surface area (Å²) in [5, 5.41) is 38.7. The van der Waals surface area contributed by atoms with Crippen LogP contribution in [-0.4, -0.2) is 70.8 Å². The number of aliphatic hydroxyl groups is 3. The Balaban J connectivity index is 2.26. The maximum atomic E-state index is 11.7. The number of ether oxygens (including phenoxy) is 1. The van der Waals surface area contributed by atoms with Crippen LogP contribution in [0.2, 0.25) is 0 Å². The minimum atomic E-state index is -2.46. The van der Waals surface area contributed by atoms with Crippen molar-refractivity contribution >= 4 is 17.1 Å². The minimum absolute atomic E-state index is 0.143. The van der Waals surface area contributed by atoms with E-state index in [9.17, 15) is 24.9 Å². The minimum Gasteiger partial charge on any atom is -0.478 e. The lowest BCUT2D eigenvalue weighted by molar-refractivity contribution is -0.194. The van der Waals surface area contributed by atoms with Gasteiger partial charge >= 0.3 is 5.97 Å². The molecule has 1 unspecified atom stereocenters.